The van der Waals surface area contributed by atoms with E-state index in [2.05, 4.69) is 0 Å². The van der Waals surface area contributed by atoms with Gasteiger partial charge in [-0.3, -0.25) is 0 Å². The molecule has 0 aromatic heterocycles. The van der Waals surface area contributed by atoms with Gasteiger partial charge in [0, 0.05) is 23.3 Å². The van der Waals surface area contributed by atoms with Gasteiger partial charge >= 0.3 is 11.9 Å². The smallest absolute Gasteiger partial charge is 0.330 e. The second-order valence-corrected chi connectivity index (χ2v) is 8.77. The molecule has 0 fully saturated rings. The van der Waals surface area contributed by atoms with Crippen molar-refractivity contribution in [2.24, 2.45) is 0 Å². The molecule has 0 aliphatic heterocycles. The largest absolute Gasteiger partial charge is 0.488 e. The highest BCUT2D eigenvalue weighted by atomic mass is 16.5. The van der Waals surface area contributed by atoms with Gasteiger partial charge in [0.2, 0.25) is 0 Å². The first-order valence-corrected chi connectivity index (χ1v) is 12.7. The van der Waals surface area contributed by atoms with E-state index in [0.29, 0.717) is 24.7 Å². The van der Waals surface area contributed by atoms with Gasteiger partial charge in [-0.15, -0.1) is 0 Å². The van der Waals surface area contributed by atoms with Crippen LogP contribution in [-0.2, 0) is 32.3 Å². The Labute approximate surface area is 234 Å². The van der Waals surface area contributed by atoms with Gasteiger partial charge in [0.15, 0.2) is 0 Å². The molecule has 4 rings (SSSR count). The maximum atomic E-state index is 11.8. The lowest BCUT2D eigenvalue weighted by atomic mass is 9.99. The van der Waals surface area contributed by atoms with Crippen LogP contribution in [0.1, 0.15) is 22.3 Å². The Hall–Kier alpha value is -5.10. The van der Waals surface area contributed by atoms with Crippen molar-refractivity contribution in [1.29, 1.82) is 0 Å². The molecule has 40 heavy (non-hydrogen) atoms. The van der Waals surface area contributed by atoms with Crippen LogP contribution in [0, 0.1) is 0 Å². The van der Waals surface area contributed by atoms with Crippen LogP contribution in [0.25, 0.3) is 23.3 Å². The Morgan fingerprint density at radius 3 is 1.35 bits per heavy atom. The Kier molecular flexibility index (Phi) is 9.89. The molecule has 0 spiro atoms. The third kappa shape index (κ3) is 7.95. The zero-order valence-corrected chi connectivity index (χ0v) is 22.4. The third-order valence-electron chi connectivity index (χ3n) is 6.03. The number of carbonyl (C=O) groups excluding carboxylic acids is 2. The summed E-state index contributed by atoms with van der Waals surface area (Å²) < 4.78 is 21.7. The minimum absolute atomic E-state index is 0.384. The number of benzene rings is 4. The van der Waals surface area contributed by atoms with Gasteiger partial charge < -0.3 is 18.9 Å². The minimum Gasteiger partial charge on any atom is -0.488 e. The lowest BCUT2D eigenvalue weighted by Crippen LogP contribution is -1.99. The van der Waals surface area contributed by atoms with Crippen molar-refractivity contribution in [3.05, 3.63) is 131 Å². The van der Waals surface area contributed by atoms with E-state index in [1.807, 2.05) is 97.1 Å². The molecule has 4 aromatic rings. The molecule has 0 N–H and O–H groups in total. The van der Waals surface area contributed by atoms with E-state index in [0.717, 1.165) is 33.4 Å². The molecule has 0 heterocycles. The monoisotopic (exact) mass is 534 g/mol. The quantitative estimate of drug-likeness (QED) is 0.154. The molecule has 0 atom stereocenters. The normalized spacial score (nSPS) is 10.9. The first-order chi connectivity index (χ1) is 19.6. The fraction of sp³-hybridized carbons (Fsp3) is 0.118. The summed E-state index contributed by atoms with van der Waals surface area (Å²) in [6, 6.07) is 31.2. The molecular weight excluding hydrogens is 504 g/mol. The number of esters is 2. The van der Waals surface area contributed by atoms with Gasteiger partial charge in [0.05, 0.1) is 14.2 Å². The molecule has 0 aliphatic carbocycles. The van der Waals surface area contributed by atoms with Crippen LogP contribution in [0.15, 0.2) is 109 Å². The van der Waals surface area contributed by atoms with Crippen molar-refractivity contribution >= 4 is 24.1 Å². The number of rotatable bonds is 11. The average molecular weight is 535 g/mol. The fourth-order valence-electron chi connectivity index (χ4n) is 3.90. The first kappa shape index (κ1) is 27.9. The molecule has 0 saturated carbocycles. The van der Waals surface area contributed by atoms with Crippen LogP contribution in [0.5, 0.6) is 11.5 Å². The third-order valence-corrected chi connectivity index (χ3v) is 6.03. The summed E-state index contributed by atoms with van der Waals surface area (Å²) in [5.41, 5.74) is 5.27. The lowest BCUT2D eigenvalue weighted by Gasteiger charge is -2.14. The fourth-order valence-corrected chi connectivity index (χ4v) is 3.90. The summed E-state index contributed by atoms with van der Waals surface area (Å²) in [7, 11) is 2.67. The lowest BCUT2D eigenvalue weighted by molar-refractivity contribution is -0.135. The summed E-state index contributed by atoms with van der Waals surface area (Å²) in [6.45, 7) is 0.768. The van der Waals surface area contributed by atoms with E-state index in [9.17, 15) is 9.59 Å². The number of hydrogen-bond acceptors (Lipinski definition) is 6. The van der Waals surface area contributed by atoms with Crippen LogP contribution >= 0.6 is 0 Å². The van der Waals surface area contributed by atoms with Gasteiger partial charge in [-0.05, 0) is 58.7 Å². The molecule has 202 valence electrons. The molecule has 0 radical (unpaired) electrons. The zero-order valence-electron chi connectivity index (χ0n) is 22.4. The maximum Gasteiger partial charge on any atom is 0.330 e. The van der Waals surface area contributed by atoms with E-state index in [1.165, 1.54) is 26.4 Å². The molecule has 0 unspecified atom stereocenters. The van der Waals surface area contributed by atoms with E-state index in [1.54, 1.807) is 12.2 Å². The highest BCUT2D eigenvalue weighted by Gasteiger charge is 2.10. The van der Waals surface area contributed by atoms with Crippen LogP contribution < -0.4 is 9.47 Å². The molecule has 0 amide bonds. The first-order valence-electron chi connectivity index (χ1n) is 12.7. The van der Waals surface area contributed by atoms with Crippen LogP contribution in [0.4, 0.5) is 0 Å². The highest BCUT2D eigenvalue weighted by molar-refractivity contribution is 5.89. The molecule has 4 aromatic carbocycles. The summed E-state index contributed by atoms with van der Waals surface area (Å²) >= 11 is 0. The Balaban J connectivity index is 1.66. The number of methoxy groups -OCH3 is 2. The average Bonchev–Trinajstić information content (AvgIpc) is 3.01. The van der Waals surface area contributed by atoms with Gasteiger partial charge in [0.25, 0.3) is 0 Å². The zero-order chi connectivity index (χ0) is 28.2. The van der Waals surface area contributed by atoms with Crippen LogP contribution in [0.2, 0.25) is 0 Å². The predicted molar refractivity (Wildman–Crippen MR) is 156 cm³/mol. The van der Waals surface area contributed by atoms with E-state index in [4.69, 9.17) is 18.9 Å². The predicted octanol–water partition coefficient (Wildman–Crippen LogP) is 6.88. The molecular formula is C34H30O6. The van der Waals surface area contributed by atoms with Crippen LogP contribution in [-0.4, -0.2) is 26.2 Å². The highest BCUT2D eigenvalue weighted by Crippen LogP contribution is 2.32. The Morgan fingerprint density at radius 1 is 0.575 bits per heavy atom. The molecule has 0 bridgehead atoms. The van der Waals surface area contributed by atoms with E-state index < -0.39 is 11.9 Å². The van der Waals surface area contributed by atoms with Gasteiger partial charge in [-0.2, -0.15) is 0 Å². The van der Waals surface area contributed by atoms with Gasteiger partial charge in [-0.25, -0.2) is 9.59 Å². The topological polar surface area (TPSA) is 71.1 Å². The molecule has 6 nitrogen and oxygen atoms in total. The van der Waals surface area contributed by atoms with Crippen LogP contribution in [0.3, 0.4) is 0 Å². The van der Waals surface area contributed by atoms with E-state index >= 15 is 0 Å². The Bertz CT molecular complexity index is 1370. The SMILES string of the molecule is COC(=O)/C=C/c1cc(-c2ccc(OCc3ccccc3)c(/C=C/C(=O)OC)c2)ccc1OCc1ccccc1. The standard InChI is InChI=1S/C34H30O6/c1-37-33(35)19-15-29-21-27(13-17-31(29)39-23-25-9-5-3-6-10-25)28-14-18-32(30(22-28)16-20-34(36)38-2)40-24-26-11-7-4-8-12-26/h3-22H,23-24H2,1-2H3/b19-15+,20-16+. The Morgan fingerprint density at radius 2 is 0.975 bits per heavy atom. The number of hydrogen-bond donors (Lipinski definition) is 0. The summed E-state index contributed by atoms with van der Waals surface area (Å²) in [5.74, 6) is 0.326. The second kappa shape index (κ2) is 14.2. The molecule has 6 heteroatoms. The summed E-state index contributed by atoms with van der Waals surface area (Å²) in [6.07, 6.45) is 6.06. The summed E-state index contributed by atoms with van der Waals surface area (Å²) in [4.78, 5) is 23.6. The van der Waals surface area contributed by atoms with Crippen molar-refractivity contribution in [3.63, 3.8) is 0 Å². The maximum absolute atomic E-state index is 11.8. The number of carbonyl (C=O) groups is 2. The van der Waals surface area contributed by atoms with Gasteiger partial charge in [0.1, 0.15) is 24.7 Å². The van der Waals surface area contributed by atoms with E-state index in [-0.39, 0.29) is 0 Å². The summed E-state index contributed by atoms with van der Waals surface area (Å²) in [5, 5.41) is 0. The van der Waals surface area contributed by atoms with Crippen molar-refractivity contribution < 1.29 is 28.5 Å². The molecule has 0 saturated heterocycles. The number of ether oxygens (including phenoxy) is 4. The minimum atomic E-state index is -0.463. The molecule has 0 aliphatic rings. The van der Waals surface area contributed by atoms with Crippen molar-refractivity contribution in [2.75, 3.05) is 14.2 Å². The van der Waals surface area contributed by atoms with Crippen molar-refractivity contribution in [2.45, 2.75) is 13.2 Å². The second-order valence-electron chi connectivity index (χ2n) is 8.77. The van der Waals surface area contributed by atoms with Crippen molar-refractivity contribution in [3.8, 4) is 22.6 Å². The van der Waals surface area contributed by atoms with Crippen molar-refractivity contribution in [1.82, 2.24) is 0 Å². The van der Waals surface area contributed by atoms with Gasteiger partial charge in [-0.1, -0.05) is 72.8 Å².